The summed E-state index contributed by atoms with van der Waals surface area (Å²) < 4.78 is 0.968. The lowest BCUT2D eigenvalue weighted by Crippen LogP contribution is -2.02. The van der Waals surface area contributed by atoms with Gasteiger partial charge in [-0.3, -0.25) is 0 Å². The predicted molar refractivity (Wildman–Crippen MR) is 70.6 cm³/mol. The molecule has 17 heavy (non-hydrogen) atoms. The first-order chi connectivity index (χ1) is 8.13. The van der Waals surface area contributed by atoms with Crippen LogP contribution in [0.2, 0.25) is 0 Å². The highest BCUT2D eigenvalue weighted by atomic mass is 79.9. The monoisotopic (exact) mass is 292 g/mol. The largest absolute Gasteiger partial charge is 0.392 e. The lowest BCUT2D eigenvalue weighted by Gasteiger charge is -2.09. The number of benzene rings is 1. The fourth-order valence-corrected chi connectivity index (χ4v) is 2.19. The zero-order valence-electron chi connectivity index (χ0n) is 9.74. The molecule has 0 aliphatic carbocycles. The third kappa shape index (κ3) is 2.37. The van der Waals surface area contributed by atoms with Crippen molar-refractivity contribution in [1.82, 2.24) is 9.97 Å². The first-order valence-corrected chi connectivity index (χ1v) is 6.12. The third-order valence-electron chi connectivity index (χ3n) is 2.69. The highest BCUT2D eigenvalue weighted by Gasteiger charge is 2.10. The molecule has 4 heteroatoms. The summed E-state index contributed by atoms with van der Waals surface area (Å²) in [5, 5.41) is 9.23. The smallest absolute Gasteiger partial charge is 0.160 e. The van der Waals surface area contributed by atoms with Crippen LogP contribution in [0.4, 0.5) is 0 Å². The molecular weight excluding hydrogens is 280 g/mol. The molecule has 0 bridgehead atoms. The number of hydrogen-bond donors (Lipinski definition) is 1. The molecule has 0 saturated carbocycles. The van der Waals surface area contributed by atoms with E-state index in [9.17, 15) is 5.11 Å². The Morgan fingerprint density at radius 3 is 2.24 bits per heavy atom. The minimum Gasteiger partial charge on any atom is -0.392 e. The first kappa shape index (κ1) is 12.2. The molecule has 2 rings (SSSR count). The van der Waals surface area contributed by atoms with Crippen LogP contribution in [0.15, 0.2) is 28.7 Å². The van der Waals surface area contributed by atoms with Gasteiger partial charge in [0, 0.05) is 27.0 Å². The third-order valence-corrected chi connectivity index (χ3v) is 3.39. The molecule has 2 aromatic rings. The number of aryl methyl sites for hydroxylation is 2. The van der Waals surface area contributed by atoms with Crippen molar-refractivity contribution in [1.29, 1.82) is 0 Å². The summed E-state index contributed by atoms with van der Waals surface area (Å²) in [6.45, 7) is 3.76. The molecule has 1 aromatic heterocycles. The normalized spacial score (nSPS) is 10.6. The minimum atomic E-state index is -0.0199. The molecule has 1 aromatic carbocycles. The van der Waals surface area contributed by atoms with Crippen LogP contribution in [0.3, 0.4) is 0 Å². The fraction of sp³-hybridized carbons (Fsp3) is 0.231. The number of aromatic nitrogens is 2. The number of aliphatic hydroxyl groups excluding tert-OH is 1. The maximum absolute atomic E-state index is 9.23. The summed E-state index contributed by atoms with van der Waals surface area (Å²) in [6.07, 6.45) is 0. The molecule has 0 saturated heterocycles. The van der Waals surface area contributed by atoms with Crippen LogP contribution in [-0.2, 0) is 6.61 Å². The second-order valence-corrected chi connectivity index (χ2v) is 4.69. The molecule has 0 unspecified atom stereocenters. The molecule has 0 aliphatic rings. The summed E-state index contributed by atoms with van der Waals surface area (Å²) in [6, 6.07) is 7.84. The van der Waals surface area contributed by atoms with Gasteiger partial charge in [-0.2, -0.15) is 0 Å². The molecule has 0 amide bonds. The lowest BCUT2D eigenvalue weighted by molar-refractivity contribution is 0.279. The van der Waals surface area contributed by atoms with Gasteiger partial charge in [-0.1, -0.05) is 34.1 Å². The summed E-state index contributed by atoms with van der Waals surface area (Å²) in [5.74, 6) is 0.685. The Labute approximate surface area is 109 Å². The Balaban J connectivity index is 2.59. The number of rotatable bonds is 2. The van der Waals surface area contributed by atoms with E-state index in [4.69, 9.17) is 0 Å². The average molecular weight is 293 g/mol. The topological polar surface area (TPSA) is 46.0 Å². The molecule has 0 fully saturated rings. The zero-order chi connectivity index (χ0) is 12.4. The summed E-state index contributed by atoms with van der Waals surface area (Å²) in [5.41, 5.74) is 3.42. The first-order valence-electron chi connectivity index (χ1n) is 5.33. The summed E-state index contributed by atoms with van der Waals surface area (Å²) >= 11 is 3.49. The van der Waals surface area contributed by atoms with E-state index < -0.39 is 0 Å². The second-order valence-electron chi connectivity index (χ2n) is 3.83. The highest BCUT2D eigenvalue weighted by Crippen LogP contribution is 2.26. The Bertz CT molecular complexity index is 532. The van der Waals surface area contributed by atoms with E-state index in [1.807, 2.05) is 38.1 Å². The van der Waals surface area contributed by atoms with Crippen LogP contribution >= 0.6 is 15.9 Å². The maximum Gasteiger partial charge on any atom is 0.160 e. The van der Waals surface area contributed by atoms with Crippen LogP contribution in [0.25, 0.3) is 11.4 Å². The van der Waals surface area contributed by atoms with Crippen LogP contribution in [-0.4, -0.2) is 15.1 Å². The fourth-order valence-electron chi connectivity index (χ4n) is 1.73. The van der Waals surface area contributed by atoms with E-state index in [2.05, 4.69) is 25.9 Å². The van der Waals surface area contributed by atoms with Crippen molar-refractivity contribution >= 4 is 15.9 Å². The Kier molecular flexibility index (Phi) is 3.54. The van der Waals surface area contributed by atoms with Gasteiger partial charge in [0.15, 0.2) is 5.82 Å². The van der Waals surface area contributed by atoms with Crippen molar-refractivity contribution in [2.45, 2.75) is 20.5 Å². The van der Waals surface area contributed by atoms with Gasteiger partial charge < -0.3 is 5.11 Å². The Morgan fingerprint density at radius 1 is 1.12 bits per heavy atom. The van der Waals surface area contributed by atoms with Gasteiger partial charge in [0.1, 0.15) is 0 Å². The molecule has 0 aliphatic heterocycles. The standard InChI is InChI=1S/C13H13BrN2O/c1-8-11(7-17)9(2)16-13(15-8)10-5-3-4-6-12(10)14/h3-6,17H,7H2,1-2H3. The van der Waals surface area contributed by atoms with Gasteiger partial charge >= 0.3 is 0 Å². The number of aliphatic hydroxyl groups is 1. The van der Waals surface area contributed by atoms with Gasteiger partial charge in [0.2, 0.25) is 0 Å². The van der Waals surface area contributed by atoms with Gasteiger partial charge in [-0.15, -0.1) is 0 Å². The molecule has 0 radical (unpaired) electrons. The van der Waals surface area contributed by atoms with Gasteiger partial charge in [-0.25, -0.2) is 9.97 Å². The molecule has 88 valence electrons. The maximum atomic E-state index is 9.23. The van der Waals surface area contributed by atoms with Crippen molar-refractivity contribution in [2.75, 3.05) is 0 Å². The highest BCUT2D eigenvalue weighted by molar-refractivity contribution is 9.10. The number of halogens is 1. The van der Waals surface area contributed by atoms with Gasteiger partial charge in [-0.05, 0) is 19.9 Å². The summed E-state index contributed by atoms with van der Waals surface area (Å²) in [7, 11) is 0. The van der Waals surface area contributed by atoms with E-state index in [1.165, 1.54) is 0 Å². The molecule has 1 N–H and O–H groups in total. The van der Waals surface area contributed by atoms with Gasteiger partial charge in [0.05, 0.1) is 6.61 Å². The van der Waals surface area contributed by atoms with Crippen LogP contribution < -0.4 is 0 Å². The van der Waals surface area contributed by atoms with Gasteiger partial charge in [0.25, 0.3) is 0 Å². The predicted octanol–water partition coefficient (Wildman–Crippen LogP) is 3.02. The van der Waals surface area contributed by atoms with Crippen LogP contribution in [0, 0.1) is 13.8 Å². The van der Waals surface area contributed by atoms with E-state index in [0.29, 0.717) is 5.82 Å². The van der Waals surface area contributed by atoms with Crippen molar-refractivity contribution < 1.29 is 5.11 Å². The number of nitrogens with zero attached hydrogens (tertiary/aromatic N) is 2. The van der Waals surface area contributed by atoms with Crippen molar-refractivity contribution in [3.05, 3.63) is 45.7 Å². The SMILES string of the molecule is Cc1nc(-c2ccccc2Br)nc(C)c1CO. The minimum absolute atomic E-state index is 0.0199. The molecular formula is C13H13BrN2O. The van der Waals surface area contributed by atoms with E-state index in [0.717, 1.165) is 27.0 Å². The second kappa shape index (κ2) is 4.94. The van der Waals surface area contributed by atoms with E-state index in [1.54, 1.807) is 0 Å². The number of hydrogen-bond acceptors (Lipinski definition) is 3. The Morgan fingerprint density at radius 2 is 1.71 bits per heavy atom. The average Bonchev–Trinajstić information content (AvgIpc) is 2.29. The molecule has 1 heterocycles. The molecule has 3 nitrogen and oxygen atoms in total. The van der Waals surface area contributed by atoms with Crippen molar-refractivity contribution in [3.8, 4) is 11.4 Å². The Hall–Kier alpha value is -1.26. The molecule has 0 atom stereocenters. The van der Waals surface area contributed by atoms with Crippen LogP contribution in [0.1, 0.15) is 17.0 Å². The van der Waals surface area contributed by atoms with Crippen molar-refractivity contribution in [2.24, 2.45) is 0 Å². The zero-order valence-corrected chi connectivity index (χ0v) is 11.3. The lowest BCUT2D eigenvalue weighted by atomic mass is 10.1. The van der Waals surface area contributed by atoms with Crippen molar-refractivity contribution in [3.63, 3.8) is 0 Å². The quantitative estimate of drug-likeness (QED) is 0.925. The van der Waals surface area contributed by atoms with E-state index >= 15 is 0 Å². The molecule has 0 spiro atoms. The summed E-state index contributed by atoms with van der Waals surface area (Å²) in [4.78, 5) is 8.87. The van der Waals surface area contributed by atoms with Crippen LogP contribution in [0.5, 0.6) is 0 Å². The van der Waals surface area contributed by atoms with E-state index in [-0.39, 0.29) is 6.61 Å².